The van der Waals surface area contributed by atoms with Gasteiger partial charge in [-0.2, -0.15) is 5.26 Å². The van der Waals surface area contributed by atoms with Gasteiger partial charge in [0.2, 0.25) is 0 Å². The predicted octanol–water partition coefficient (Wildman–Crippen LogP) is 5.26. The van der Waals surface area contributed by atoms with Gasteiger partial charge in [0.25, 0.3) is 0 Å². The van der Waals surface area contributed by atoms with Gasteiger partial charge in [0, 0.05) is 36.8 Å². The number of carbonyl (C=O) groups is 1. The minimum atomic E-state index is -0.464. The lowest BCUT2D eigenvalue weighted by Gasteiger charge is -2.14. The molecular formula is C26H23N5O4. The molecule has 4 rings (SSSR count). The fraction of sp³-hybridized carbons (Fsp3) is 0.115. The SMILES string of the molecule is COc1ccc(OC)c(NC(=O)Nc2cccc(Oc3cc(Cn4ccnc4)ccc3C#N)c2)c1. The number of hydrogen-bond donors (Lipinski definition) is 2. The highest BCUT2D eigenvalue weighted by atomic mass is 16.5. The summed E-state index contributed by atoms with van der Waals surface area (Å²) in [7, 11) is 3.06. The Morgan fingerprint density at radius 2 is 1.89 bits per heavy atom. The van der Waals surface area contributed by atoms with E-state index in [1.807, 2.05) is 22.9 Å². The van der Waals surface area contributed by atoms with Gasteiger partial charge in [-0.3, -0.25) is 0 Å². The smallest absolute Gasteiger partial charge is 0.323 e. The van der Waals surface area contributed by atoms with Crippen LogP contribution in [0.4, 0.5) is 16.2 Å². The van der Waals surface area contributed by atoms with Crippen molar-refractivity contribution in [2.45, 2.75) is 6.54 Å². The summed E-state index contributed by atoms with van der Waals surface area (Å²) in [6.07, 6.45) is 5.29. The van der Waals surface area contributed by atoms with Gasteiger partial charge in [-0.05, 0) is 42.0 Å². The van der Waals surface area contributed by atoms with E-state index < -0.39 is 6.03 Å². The van der Waals surface area contributed by atoms with Gasteiger partial charge in [0.1, 0.15) is 29.1 Å². The first-order valence-electron chi connectivity index (χ1n) is 10.6. The third-order valence-electron chi connectivity index (χ3n) is 5.07. The molecule has 3 aromatic carbocycles. The highest BCUT2D eigenvalue weighted by Gasteiger charge is 2.11. The van der Waals surface area contributed by atoms with Crippen molar-refractivity contribution >= 4 is 17.4 Å². The summed E-state index contributed by atoms with van der Waals surface area (Å²) in [5.41, 5.74) is 2.33. The van der Waals surface area contributed by atoms with E-state index >= 15 is 0 Å². The summed E-state index contributed by atoms with van der Waals surface area (Å²) in [6, 6.07) is 19.1. The molecule has 0 spiro atoms. The normalized spacial score (nSPS) is 10.2. The fourth-order valence-electron chi connectivity index (χ4n) is 3.39. The van der Waals surface area contributed by atoms with Gasteiger partial charge in [-0.25, -0.2) is 9.78 Å². The van der Waals surface area contributed by atoms with E-state index in [4.69, 9.17) is 14.2 Å². The maximum absolute atomic E-state index is 12.6. The lowest BCUT2D eigenvalue weighted by Crippen LogP contribution is -2.19. The van der Waals surface area contributed by atoms with E-state index in [1.54, 1.807) is 68.2 Å². The van der Waals surface area contributed by atoms with E-state index in [9.17, 15) is 10.1 Å². The summed E-state index contributed by atoms with van der Waals surface area (Å²) in [6.45, 7) is 0.595. The zero-order chi connectivity index (χ0) is 24.6. The molecule has 0 saturated carbocycles. The van der Waals surface area contributed by atoms with Crippen LogP contribution >= 0.6 is 0 Å². The van der Waals surface area contributed by atoms with Crippen molar-refractivity contribution in [3.63, 3.8) is 0 Å². The molecule has 9 heteroatoms. The Hall–Kier alpha value is -4.97. The van der Waals surface area contributed by atoms with Crippen molar-refractivity contribution in [2.24, 2.45) is 0 Å². The Morgan fingerprint density at radius 3 is 2.63 bits per heavy atom. The molecule has 9 nitrogen and oxygen atoms in total. The molecule has 0 fully saturated rings. The summed E-state index contributed by atoms with van der Waals surface area (Å²) in [4.78, 5) is 16.7. The van der Waals surface area contributed by atoms with Crippen LogP contribution in [0.3, 0.4) is 0 Å². The van der Waals surface area contributed by atoms with Crippen molar-refractivity contribution in [3.8, 4) is 29.1 Å². The van der Waals surface area contributed by atoms with E-state index in [0.29, 0.717) is 46.5 Å². The van der Waals surface area contributed by atoms with Crippen LogP contribution < -0.4 is 24.8 Å². The maximum atomic E-state index is 12.6. The number of hydrogen-bond acceptors (Lipinski definition) is 6. The largest absolute Gasteiger partial charge is 0.497 e. The number of imidazole rings is 1. The molecule has 0 radical (unpaired) electrons. The fourth-order valence-corrected chi connectivity index (χ4v) is 3.39. The van der Waals surface area contributed by atoms with Crippen molar-refractivity contribution in [2.75, 3.05) is 24.9 Å². The number of urea groups is 1. The number of benzene rings is 3. The lowest BCUT2D eigenvalue weighted by atomic mass is 10.1. The highest BCUT2D eigenvalue weighted by molar-refractivity contribution is 6.00. The van der Waals surface area contributed by atoms with Gasteiger partial charge >= 0.3 is 6.03 Å². The minimum Gasteiger partial charge on any atom is -0.497 e. The number of amides is 2. The molecule has 0 bridgehead atoms. The third-order valence-corrected chi connectivity index (χ3v) is 5.07. The second-order valence-electron chi connectivity index (χ2n) is 7.45. The van der Waals surface area contributed by atoms with Crippen LogP contribution in [0.5, 0.6) is 23.0 Å². The third kappa shape index (κ3) is 5.89. The van der Waals surface area contributed by atoms with Gasteiger partial charge in [-0.15, -0.1) is 0 Å². The van der Waals surface area contributed by atoms with E-state index in [-0.39, 0.29) is 0 Å². The monoisotopic (exact) mass is 469 g/mol. The minimum absolute atomic E-state index is 0.403. The first-order valence-corrected chi connectivity index (χ1v) is 10.6. The molecule has 4 aromatic rings. The van der Waals surface area contributed by atoms with Crippen LogP contribution in [0, 0.1) is 11.3 Å². The Labute approximate surface area is 202 Å². The molecule has 0 unspecified atom stereocenters. The van der Waals surface area contributed by atoms with Crippen LogP contribution in [0.2, 0.25) is 0 Å². The zero-order valence-electron chi connectivity index (χ0n) is 19.2. The number of ether oxygens (including phenoxy) is 3. The van der Waals surface area contributed by atoms with Crippen molar-refractivity contribution in [3.05, 3.63) is 90.5 Å². The highest BCUT2D eigenvalue weighted by Crippen LogP contribution is 2.30. The number of aromatic nitrogens is 2. The summed E-state index contributed by atoms with van der Waals surface area (Å²) >= 11 is 0. The molecule has 0 atom stereocenters. The summed E-state index contributed by atoms with van der Waals surface area (Å²) in [5.74, 6) is 1.98. The number of nitrogens with zero attached hydrogens (tertiary/aromatic N) is 3. The first kappa shape index (κ1) is 23.2. The number of anilines is 2. The van der Waals surface area contributed by atoms with Crippen molar-refractivity contribution in [1.29, 1.82) is 5.26 Å². The molecule has 1 aromatic heterocycles. The Balaban J connectivity index is 1.48. The maximum Gasteiger partial charge on any atom is 0.323 e. The van der Waals surface area contributed by atoms with Crippen molar-refractivity contribution in [1.82, 2.24) is 9.55 Å². The van der Waals surface area contributed by atoms with E-state index in [1.165, 1.54) is 7.11 Å². The molecule has 1 heterocycles. The second-order valence-corrected chi connectivity index (χ2v) is 7.45. The van der Waals surface area contributed by atoms with Crippen LogP contribution in [-0.4, -0.2) is 29.8 Å². The average Bonchev–Trinajstić information content (AvgIpc) is 3.37. The second kappa shape index (κ2) is 10.8. The number of methoxy groups -OCH3 is 2. The van der Waals surface area contributed by atoms with Crippen molar-refractivity contribution < 1.29 is 19.0 Å². The standard InChI is InChI=1S/C26H23N5O4/c1-33-21-8-9-24(34-2)23(14-21)30-26(32)29-20-4-3-5-22(13-20)35-25-12-18(6-7-19(25)15-27)16-31-11-10-28-17-31/h3-14,17H,16H2,1-2H3,(H2,29,30,32). The van der Waals surface area contributed by atoms with Crippen LogP contribution in [0.1, 0.15) is 11.1 Å². The van der Waals surface area contributed by atoms with Crippen LogP contribution in [0.15, 0.2) is 79.4 Å². The number of nitriles is 1. The topological polar surface area (TPSA) is 110 Å². The van der Waals surface area contributed by atoms with Gasteiger partial charge < -0.3 is 29.4 Å². The molecule has 0 aliphatic rings. The Bertz CT molecular complexity index is 1360. The molecule has 2 amide bonds. The van der Waals surface area contributed by atoms with Gasteiger partial charge in [-0.1, -0.05) is 12.1 Å². The Morgan fingerprint density at radius 1 is 1.00 bits per heavy atom. The molecule has 35 heavy (non-hydrogen) atoms. The van der Waals surface area contributed by atoms with Gasteiger partial charge in [0.05, 0.1) is 31.8 Å². The average molecular weight is 470 g/mol. The zero-order valence-corrected chi connectivity index (χ0v) is 19.2. The number of carbonyl (C=O) groups excluding carboxylic acids is 1. The van der Waals surface area contributed by atoms with Gasteiger partial charge in [0.15, 0.2) is 0 Å². The molecule has 0 saturated heterocycles. The Kier molecular flexibility index (Phi) is 7.13. The molecular weight excluding hydrogens is 446 g/mol. The summed E-state index contributed by atoms with van der Waals surface area (Å²) < 4.78 is 18.4. The molecule has 2 N–H and O–H groups in total. The molecule has 176 valence electrons. The molecule has 0 aliphatic carbocycles. The van der Waals surface area contributed by atoms with Crippen LogP contribution in [-0.2, 0) is 6.54 Å². The van der Waals surface area contributed by atoms with E-state index in [2.05, 4.69) is 21.7 Å². The lowest BCUT2D eigenvalue weighted by molar-refractivity contribution is 0.262. The number of nitrogens with one attached hydrogen (secondary N) is 2. The first-order chi connectivity index (χ1) is 17.1. The van der Waals surface area contributed by atoms with Crippen LogP contribution in [0.25, 0.3) is 0 Å². The van der Waals surface area contributed by atoms with E-state index in [0.717, 1.165) is 5.56 Å². The number of rotatable bonds is 8. The summed E-state index contributed by atoms with van der Waals surface area (Å²) in [5, 5.41) is 15.0. The quantitative estimate of drug-likeness (QED) is 0.364. The molecule has 0 aliphatic heterocycles. The predicted molar refractivity (Wildman–Crippen MR) is 131 cm³/mol.